The van der Waals surface area contributed by atoms with Gasteiger partial charge in [-0.15, -0.1) is 11.3 Å². The lowest BCUT2D eigenvalue weighted by Gasteiger charge is -2.27. The highest BCUT2D eigenvalue weighted by atomic mass is 32.2. The number of thiazole rings is 1. The monoisotopic (exact) mass is 473 g/mol. The second kappa shape index (κ2) is 10.6. The number of hydrogen-bond donors (Lipinski definition) is 3. The number of nitrogens with zero attached hydrogens (tertiary/aromatic N) is 1. The summed E-state index contributed by atoms with van der Waals surface area (Å²) in [5, 5.41) is 15.2. The molecule has 0 spiro atoms. The van der Waals surface area contributed by atoms with Gasteiger partial charge < -0.3 is 20.5 Å². The lowest BCUT2D eigenvalue weighted by atomic mass is 10.0. The Morgan fingerprint density at radius 2 is 1.94 bits per heavy atom. The van der Waals surface area contributed by atoms with E-state index in [1.807, 2.05) is 0 Å². The van der Waals surface area contributed by atoms with E-state index in [-0.39, 0.29) is 5.97 Å². The van der Waals surface area contributed by atoms with Crippen LogP contribution in [0, 0.1) is 0 Å². The third-order valence-corrected chi connectivity index (χ3v) is 6.61. The Balaban J connectivity index is 1.66. The van der Waals surface area contributed by atoms with Crippen molar-refractivity contribution in [2.75, 3.05) is 24.3 Å². The number of esters is 1. The Kier molecular flexibility index (Phi) is 7.84. The van der Waals surface area contributed by atoms with E-state index in [4.69, 9.17) is 4.74 Å². The number of aliphatic hydroxyl groups is 1. The molecule has 0 saturated heterocycles. The summed E-state index contributed by atoms with van der Waals surface area (Å²) in [6, 6.07) is 13.8. The molecule has 8 nitrogen and oxygen atoms in total. The van der Waals surface area contributed by atoms with E-state index < -0.39 is 24.0 Å². The maximum atomic E-state index is 12.9. The van der Waals surface area contributed by atoms with E-state index in [0.29, 0.717) is 23.6 Å². The molecule has 3 rings (SSSR count). The van der Waals surface area contributed by atoms with Crippen LogP contribution in [0.2, 0.25) is 0 Å². The average Bonchev–Trinajstić information content (AvgIpc) is 3.19. The minimum absolute atomic E-state index is 0.311. The van der Waals surface area contributed by atoms with Crippen LogP contribution in [0.15, 0.2) is 52.9 Å². The van der Waals surface area contributed by atoms with Crippen molar-refractivity contribution in [3.8, 4) is 0 Å². The van der Waals surface area contributed by atoms with Gasteiger partial charge in [0.15, 0.2) is 4.34 Å². The van der Waals surface area contributed by atoms with Crippen molar-refractivity contribution in [3.05, 3.63) is 54.1 Å². The fraction of sp³-hybridized carbons (Fsp3) is 0.273. The van der Waals surface area contributed by atoms with Crippen molar-refractivity contribution >= 4 is 56.8 Å². The number of hydrogen-bond acceptors (Lipinski definition) is 8. The number of carbonyl (C=O) groups excluding carboxylic acids is 3. The highest BCUT2D eigenvalue weighted by Gasteiger charge is 2.34. The second-order valence-electron chi connectivity index (χ2n) is 7.12. The van der Waals surface area contributed by atoms with Crippen LogP contribution in [0.4, 0.5) is 5.69 Å². The smallest absolute Gasteiger partial charge is 0.302 e. The maximum absolute atomic E-state index is 12.9. The lowest BCUT2D eigenvalue weighted by molar-refractivity contribution is -0.140. The molecule has 0 aliphatic rings. The van der Waals surface area contributed by atoms with Crippen LogP contribution in [-0.2, 0) is 14.3 Å². The molecule has 3 aromatic rings. The molecule has 2 amide bonds. The van der Waals surface area contributed by atoms with Crippen molar-refractivity contribution in [2.45, 2.75) is 23.7 Å². The summed E-state index contributed by atoms with van der Waals surface area (Å²) in [6.45, 7) is 2.58. The van der Waals surface area contributed by atoms with Crippen LogP contribution in [-0.4, -0.2) is 52.4 Å². The normalized spacial score (nSPS) is 12.7. The van der Waals surface area contributed by atoms with Crippen molar-refractivity contribution in [3.63, 3.8) is 0 Å². The minimum atomic E-state index is -1.51. The Morgan fingerprint density at radius 1 is 1.19 bits per heavy atom. The van der Waals surface area contributed by atoms with Crippen LogP contribution in [0.3, 0.4) is 0 Å². The molecule has 0 aliphatic heterocycles. The van der Waals surface area contributed by atoms with Crippen molar-refractivity contribution < 1.29 is 24.2 Å². The van der Waals surface area contributed by atoms with Gasteiger partial charge in [-0.2, -0.15) is 0 Å². The molecule has 1 unspecified atom stereocenters. The van der Waals surface area contributed by atoms with Crippen LogP contribution in [0.25, 0.3) is 10.2 Å². The van der Waals surface area contributed by atoms with Crippen molar-refractivity contribution in [1.29, 1.82) is 0 Å². The Hall–Kier alpha value is -2.95. The summed E-state index contributed by atoms with van der Waals surface area (Å²) < 4.78 is 6.61. The molecular formula is C22H23N3O5S2. The Labute approximate surface area is 193 Å². The number of thioether (sulfide) groups is 1. The maximum Gasteiger partial charge on any atom is 0.302 e. The van der Waals surface area contributed by atoms with Gasteiger partial charge in [-0.1, -0.05) is 30.0 Å². The van der Waals surface area contributed by atoms with Crippen LogP contribution < -0.4 is 10.6 Å². The molecule has 10 heteroatoms. The van der Waals surface area contributed by atoms with E-state index in [1.54, 1.807) is 48.5 Å². The summed E-state index contributed by atoms with van der Waals surface area (Å²) in [7, 11) is 0. The third kappa shape index (κ3) is 6.06. The number of rotatable bonds is 9. The minimum Gasteiger partial charge on any atom is -0.465 e. The molecule has 168 valence electrons. The fourth-order valence-corrected chi connectivity index (χ4v) is 4.70. The Morgan fingerprint density at radius 3 is 2.62 bits per heavy atom. The molecule has 0 fully saturated rings. The van der Waals surface area contributed by atoms with Gasteiger partial charge in [0, 0.05) is 23.9 Å². The highest BCUT2D eigenvalue weighted by molar-refractivity contribution is 8.01. The summed E-state index contributed by atoms with van der Waals surface area (Å²) in [5.41, 5.74) is 0.194. The van der Waals surface area contributed by atoms with Gasteiger partial charge >= 0.3 is 5.97 Å². The van der Waals surface area contributed by atoms with Crippen molar-refractivity contribution in [2.24, 2.45) is 0 Å². The first kappa shape index (κ1) is 23.7. The summed E-state index contributed by atoms with van der Waals surface area (Å²) >= 11 is 2.94. The van der Waals surface area contributed by atoms with Crippen LogP contribution in [0.1, 0.15) is 24.2 Å². The summed E-state index contributed by atoms with van der Waals surface area (Å²) in [4.78, 5) is 40.7. The number of anilines is 1. The first-order chi connectivity index (χ1) is 15.3. The van der Waals surface area contributed by atoms with Gasteiger partial charge in [0.1, 0.15) is 12.1 Å². The molecular weight excluding hydrogens is 450 g/mol. The lowest BCUT2D eigenvalue weighted by Crippen LogP contribution is -2.57. The molecule has 0 bridgehead atoms. The topological polar surface area (TPSA) is 118 Å². The van der Waals surface area contributed by atoms with Gasteiger partial charge in [0.05, 0.1) is 16.8 Å². The molecule has 1 atom stereocenters. The van der Waals surface area contributed by atoms with Gasteiger partial charge in [-0.3, -0.25) is 14.4 Å². The van der Waals surface area contributed by atoms with Crippen LogP contribution >= 0.6 is 23.1 Å². The number of carbonyl (C=O) groups is 3. The zero-order valence-electron chi connectivity index (χ0n) is 17.6. The number of nitrogens with one attached hydrogen (secondary N) is 2. The SMILES string of the molecule is CC(=O)OCCSc1nc2ccc(NC(=O)C(C)(CO)NC(=O)c3ccccc3)cc2s1. The molecule has 1 heterocycles. The zero-order chi connectivity index (χ0) is 23.1. The molecule has 0 saturated carbocycles. The van der Waals surface area contributed by atoms with Gasteiger partial charge in [0.2, 0.25) is 0 Å². The summed E-state index contributed by atoms with van der Waals surface area (Å²) in [6.07, 6.45) is 0. The molecule has 0 radical (unpaired) electrons. The molecule has 2 aromatic carbocycles. The molecule has 3 N–H and O–H groups in total. The number of ether oxygens (including phenoxy) is 1. The number of amides is 2. The van der Waals surface area contributed by atoms with Gasteiger partial charge in [0.25, 0.3) is 11.8 Å². The second-order valence-corrected chi connectivity index (χ2v) is 9.49. The number of benzene rings is 2. The average molecular weight is 474 g/mol. The Bertz CT molecular complexity index is 1120. The predicted octanol–water partition coefficient (Wildman–Crippen LogP) is 3.07. The van der Waals surface area contributed by atoms with Crippen LogP contribution in [0.5, 0.6) is 0 Å². The quantitative estimate of drug-likeness (QED) is 0.248. The number of aromatic nitrogens is 1. The largest absolute Gasteiger partial charge is 0.465 e. The highest BCUT2D eigenvalue weighted by Crippen LogP contribution is 2.31. The molecule has 0 aliphatic carbocycles. The number of fused-ring (bicyclic) bond motifs is 1. The van der Waals surface area contributed by atoms with Gasteiger partial charge in [-0.05, 0) is 37.3 Å². The fourth-order valence-electron chi connectivity index (χ4n) is 2.71. The number of aliphatic hydroxyl groups excluding tert-OH is 1. The predicted molar refractivity (Wildman–Crippen MR) is 125 cm³/mol. The van der Waals surface area contributed by atoms with E-state index in [9.17, 15) is 19.5 Å². The summed E-state index contributed by atoms with van der Waals surface area (Å²) in [5.74, 6) is -0.709. The first-order valence-electron chi connectivity index (χ1n) is 9.77. The van der Waals surface area contributed by atoms with Gasteiger partial charge in [-0.25, -0.2) is 4.98 Å². The van der Waals surface area contributed by atoms with Crippen molar-refractivity contribution in [1.82, 2.24) is 10.3 Å². The molecule has 32 heavy (non-hydrogen) atoms. The standard InChI is InChI=1S/C22H23N3O5S2/c1-14(27)30-10-11-31-21-24-17-9-8-16(12-18(17)32-21)23-20(29)22(2,13-26)25-19(28)15-6-4-3-5-7-15/h3-9,12,26H,10-11,13H2,1-2H3,(H,23,29)(H,25,28). The van der Waals surface area contributed by atoms with E-state index >= 15 is 0 Å². The third-order valence-electron chi connectivity index (χ3n) is 4.48. The van der Waals surface area contributed by atoms with E-state index in [0.717, 1.165) is 14.6 Å². The van der Waals surface area contributed by atoms with E-state index in [1.165, 1.54) is 36.9 Å². The zero-order valence-corrected chi connectivity index (χ0v) is 19.2. The van der Waals surface area contributed by atoms with E-state index in [2.05, 4.69) is 15.6 Å². The first-order valence-corrected chi connectivity index (χ1v) is 11.6. The molecule has 1 aromatic heterocycles.